The van der Waals surface area contributed by atoms with E-state index in [2.05, 4.69) is 0 Å². The van der Waals surface area contributed by atoms with Crippen molar-refractivity contribution in [1.82, 2.24) is 0 Å². The molecule has 0 heterocycles. The van der Waals surface area contributed by atoms with Crippen molar-refractivity contribution < 1.29 is 23.2 Å². The molecule has 0 aliphatic carbocycles. The van der Waals surface area contributed by atoms with Crippen LogP contribution in [0.2, 0.25) is 20.1 Å². The van der Waals surface area contributed by atoms with Crippen molar-refractivity contribution in [3.05, 3.63) is 91.4 Å². The minimum absolute atomic E-state index is 0.00254. The lowest BCUT2D eigenvalue weighted by Crippen LogP contribution is -2.39. The highest BCUT2D eigenvalue weighted by atomic mass is 35.5. The fourth-order valence-corrected chi connectivity index (χ4v) is 5.59. The van der Waals surface area contributed by atoms with Crippen molar-refractivity contribution in [1.29, 1.82) is 0 Å². The molecule has 10 heteroatoms. The van der Waals surface area contributed by atoms with E-state index in [1.165, 1.54) is 54.6 Å². The Balaban J connectivity index is 2.61. The zero-order valence-electron chi connectivity index (χ0n) is 14.3. The average molecular weight is 494 g/mol. The quantitative estimate of drug-likeness (QED) is 0.239. The topological polar surface area (TPSA) is 94.8 Å². The van der Waals surface area contributed by atoms with Crippen LogP contribution in [0.3, 0.4) is 0 Å². The fraction of sp³-hybridized carbons (Fsp3) is 0.0526. The van der Waals surface area contributed by atoms with Crippen LogP contribution in [0.4, 0.5) is 0 Å². The van der Waals surface area contributed by atoms with Gasteiger partial charge in [0.15, 0.2) is 4.75 Å². The van der Waals surface area contributed by atoms with Gasteiger partial charge in [-0.25, -0.2) is 0 Å². The van der Waals surface area contributed by atoms with E-state index < -0.39 is 14.9 Å². The van der Waals surface area contributed by atoms with Crippen molar-refractivity contribution in [2.75, 3.05) is 0 Å². The van der Waals surface area contributed by atoms with Crippen LogP contribution in [0, 0.1) is 0 Å². The minimum Gasteiger partial charge on any atom is -0.508 e. The summed E-state index contributed by atoms with van der Waals surface area (Å²) in [5, 5.41) is 19.0. The molecule has 0 aliphatic rings. The molecule has 152 valence electrons. The third-order valence-corrected chi connectivity index (χ3v) is 7.28. The normalized spacial score (nSPS) is 13.8. The summed E-state index contributed by atoms with van der Waals surface area (Å²) in [6.45, 7) is 0. The second-order valence-electron chi connectivity index (χ2n) is 6.09. The maximum Gasteiger partial charge on any atom is 0.283 e. The Kier molecular flexibility index (Phi) is 5.98. The number of phenols is 2. The van der Waals surface area contributed by atoms with Gasteiger partial charge in [0.1, 0.15) is 11.5 Å². The summed E-state index contributed by atoms with van der Waals surface area (Å²) in [4.78, 5) is 0. The molecule has 29 heavy (non-hydrogen) atoms. The third kappa shape index (κ3) is 3.65. The number of phenolic OH excluding ortho intramolecular Hbond substituents is 2. The number of rotatable bonds is 4. The summed E-state index contributed by atoms with van der Waals surface area (Å²) in [5.41, 5.74) is -0.256. The van der Waals surface area contributed by atoms with E-state index in [1.807, 2.05) is 0 Å². The first-order chi connectivity index (χ1) is 13.5. The number of benzene rings is 3. The van der Waals surface area contributed by atoms with Crippen molar-refractivity contribution in [2.24, 2.45) is 0 Å². The molecule has 0 bridgehead atoms. The molecule has 0 spiro atoms. The lowest BCUT2D eigenvalue weighted by Gasteiger charge is -2.34. The van der Waals surface area contributed by atoms with Gasteiger partial charge in [-0.1, -0.05) is 64.6 Å². The van der Waals surface area contributed by atoms with Gasteiger partial charge in [-0.15, -0.1) is 0 Å². The molecule has 0 aromatic heterocycles. The molecule has 0 aliphatic heterocycles. The van der Waals surface area contributed by atoms with Gasteiger partial charge < -0.3 is 10.2 Å². The van der Waals surface area contributed by atoms with Crippen LogP contribution in [-0.2, 0) is 14.9 Å². The van der Waals surface area contributed by atoms with Gasteiger partial charge in [0.05, 0.1) is 15.1 Å². The van der Waals surface area contributed by atoms with Crippen molar-refractivity contribution in [2.45, 2.75) is 4.75 Å². The van der Waals surface area contributed by atoms with Crippen molar-refractivity contribution >= 4 is 56.5 Å². The largest absolute Gasteiger partial charge is 0.508 e. The molecule has 3 aromatic rings. The molecule has 1 atom stereocenters. The standard InChI is InChI=1S/C19H12Cl4O5S/c20-13-6-7-14(21)18(23)17(13)19(29(26,27)28,10-1-4-12(24)5-2-10)11-3-8-16(25)15(22)9-11/h1-9,24-25H,(H,26,27,28). The van der Waals surface area contributed by atoms with E-state index >= 15 is 0 Å². The van der Waals surface area contributed by atoms with Crippen LogP contribution >= 0.6 is 46.4 Å². The molecule has 1 unspecified atom stereocenters. The summed E-state index contributed by atoms with van der Waals surface area (Å²) in [6, 6.07) is 11.4. The maximum absolute atomic E-state index is 13.0. The minimum atomic E-state index is -5.04. The zero-order chi connectivity index (χ0) is 21.6. The van der Waals surface area contributed by atoms with E-state index in [4.69, 9.17) is 46.4 Å². The van der Waals surface area contributed by atoms with Gasteiger partial charge in [0, 0.05) is 10.6 Å². The Morgan fingerprint density at radius 3 is 1.83 bits per heavy atom. The Bertz CT molecular complexity index is 1200. The highest BCUT2D eigenvalue weighted by molar-refractivity contribution is 7.87. The molecule has 0 amide bonds. The molecular formula is C19H12Cl4O5S. The highest BCUT2D eigenvalue weighted by Gasteiger charge is 2.51. The van der Waals surface area contributed by atoms with Crippen LogP contribution in [-0.4, -0.2) is 23.2 Å². The summed E-state index contributed by atoms with van der Waals surface area (Å²) in [6.07, 6.45) is 0. The lowest BCUT2D eigenvalue weighted by molar-refractivity contribution is 0.456. The number of halogens is 4. The monoisotopic (exact) mass is 492 g/mol. The molecule has 0 saturated heterocycles. The van der Waals surface area contributed by atoms with Gasteiger partial charge in [-0.2, -0.15) is 8.42 Å². The molecule has 0 fully saturated rings. The molecule has 5 nitrogen and oxygen atoms in total. The molecule has 0 saturated carbocycles. The second kappa shape index (κ2) is 7.87. The predicted octanol–water partition coefficient (Wildman–Crippen LogP) is 5.89. The van der Waals surface area contributed by atoms with Crippen LogP contribution < -0.4 is 0 Å². The van der Waals surface area contributed by atoms with E-state index in [0.717, 1.165) is 0 Å². The average Bonchev–Trinajstić information content (AvgIpc) is 2.64. The van der Waals surface area contributed by atoms with Crippen LogP contribution in [0.25, 0.3) is 0 Å². The van der Waals surface area contributed by atoms with E-state index in [9.17, 15) is 23.2 Å². The van der Waals surface area contributed by atoms with Gasteiger partial charge in [0.2, 0.25) is 0 Å². The maximum atomic E-state index is 13.0. The van der Waals surface area contributed by atoms with Gasteiger partial charge in [0.25, 0.3) is 10.1 Å². The molecular weight excluding hydrogens is 482 g/mol. The van der Waals surface area contributed by atoms with Crippen LogP contribution in [0.1, 0.15) is 16.7 Å². The van der Waals surface area contributed by atoms with E-state index in [0.29, 0.717) is 0 Å². The van der Waals surface area contributed by atoms with Crippen molar-refractivity contribution in [3.63, 3.8) is 0 Å². The number of aromatic hydroxyl groups is 2. The van der Waals surface area contributed by atoms with Gasteiger partial charge in [-0.3, -0.25) is 4.55 Å². The Morgan fingerprint density at radius 1 is 0.724 bits per heavy atom. The first-order valence-electron chi connectivity index (χ1n) is 7.89. The fourth-order valence-electron chi connectivity index (χ4n) is 3.15. The highest BCUT2D eigenvalue weighted by Crippen LogP contribution is 2.51. The van der Waals surface area contributed by atoms with Gasteiger partial charge in [-0.05, 0) is 47.5 Å². The summed E-state index contributed by atoms with van der Waals surface area (Å²) in [7, 11) is -5.04. The van der Waals surface area contributed by atoms with Crippen molar-refractivity contribution in [3.8, 4) is 11.5 Å². The summed E-state index contributed by atoms with van der Waals surface area (Å²) in [5.74, 6) is -0.432. The summed E-state index contributed by atoms with van der Waals surface area (Å²) < 4.78 is 34.1. The molecule has 3 N–H and O–H groups in total. The smallest absolute Gasteiger partial charge is 0.283 e. The first kappa shape index (κ1) is 22.0. The predicted molar refractivity (Wildman–Crippen MR) is 114 cm³/mol. The molecule has 3 rings (SSSR count). The second-order valence-corrected chi connectivity index (χ2v) is 9.25. The SMILES string of the molecule is O=S(=O)(O)C(c1ccc(O)cc1)(c1ccc(O)c(Cl)c1)c1c(Cl)ccc(Cl)c1Cl. The van der Waals surface area contributed by atoms with Crippen LogP contribution in [0.15, 0.2) is 54.6 Å². The Morgan fingerprint density at radius 2 is 1.28 bits per heavy atom. The molecule has 0 radical (unpaired) electrons. The third-order valence-electron chi connectivity index (χ3n) is 4.41. The summed E-state index contributed by atoms with van der Waals surface area (Å²) >= 11 is 24.9. The van der Waals surface area contributed by atoms with E-state index in [-0.39, 0.29) is 48.3 Å². The Labute approximate surface area is 186 Å². The molecule has 3 aromatic carbocycles. The number of hydrogen-bond donors (Lipinski definition) is 3. The Hall–Kier alpha value is -1.67. The van der Waals surface area contributed by atoms with E-state index in [1.54, 1.807) is 0 Å². The van der Waals surface area contributed by atoms with Gasteiger partial charge >= 0.3 is 0 Å². The van der Waals surface area contributed by atoms with Crippen LogP contribution in [0.5, 0.6) is 11.5 Å². The zero-order valence-corrected chi connectivity index (χ0v) is 18.1. The number of hydrogen-bond acceptors (Lipinski definition) is 4. The lowest BCUT2D eigenvalue weighted by atomic mass is 9.83. The first-order valence-corrected chi connectivity index (χ1v) is 10.8.